The predicted molar refractivity (Wildman–Crippen MR) is 80.0 cm³/mol. The van der Waals surface area contributed by atoms with Gasteiger partial charge in [0.2, 0.25) is 0 Å². The molecule has 1 aromatic rings. The van der Waals surface area contributed by atoms with Crippen molar-refractivity contribution < 1.29 is 14.7 Å². The number of hydrogen-bond acceptors (Lipinski definition) is 4. The summed E-state index contributed by atoms with van der Waals surface area (Å²) in [6.45, 7) is 7.62. The van der Waals surface area contributed by atoms with Crippen molar-refractivity contribution >= 4 is 5.91 Å². The van der Waals surface area contributed by atoms with Gasteiger partial charge in [0.1, 0.15) is 17.0 Å². The van der Waals surface area contributed by atoms with Gasteiger partial charge in [-0.15, -0.1) is 5.06 Å². The van der Waals surface area contributed by atoms with Crippen LogP contribution in [0.4, 0.5) is 0 Å². The number of carbonyl (C=O) groups is 1. The van der Waals surface area contributed by atoms with Crippen LogP contribution >= 0.6 is 0 Å². The van der Waals surface area contributed by atoms with Crippen molar-refractivity contribution in [1.29, 1.82) is 0 Å². The number of nitrogens with zero attached hydrogens (tertiary/aromatic N) is 2. The second-order valence-corrected chi connectivity index (χ2v) is 6.23. The maximum absolute atomic E-state index is 12.8. The van der Waals surface area contributed by atoms with E-state index in [0.717, 1.165) is 11.3 Å². The zero-order valence-electron chi connectivity index (χ0n) is 13.5. The SMILES string of the molecule is COc1ccc([C@]2(C)C(=O)N(C)[C@](C)(C(C)C)N2O)cc1. The van der Waals surface area contributed by atoms with Crippen LogP contribution in [-0.2, 0) is 10.3 Å². The van der Waals surface area contributed by atoms with Crippen LogP contribution in [0.2, 0.25) is 0 Å². The van der Waals surface area contributed by atoms with E-state index in [1.165, 1.54) is 5.06 Å². The van der Waals surface area contributed by atoms with Gasteiger partial charge < -0.3 is 14.8 Å². The second-order valence-electron chi connectivity index (χ2n) is 6.23. The molecule has 1 fully saturated rings. The number of methoxy groups -OCH3 is 1. The third-order valence-electron chi connectivity index (χ3n) is 5.00. The van der Waals surface area contributed by atoms with Gasteiger partial charge >= 0.3 is 0 Å². The van der Waals surface area contributed by atoms with Crippen molar-refractivity contribution in [2.75, 3.05) is 14.2 Å². The average molecular weight is 292 g/mol. The zero-order chi connectivity index (χ0) is 16.0. The number of benzene rings is 1. The highest BCUT2D eigenvalue weighted by Crippen LogP contribution is 2.45. The van der Waals surface area contributed by atoms with Crippen molar-refractivity contribution in [3.8, 4) is 5.75 Å². The summed E-state index contributed by atoms with van der Waals surface area (Å²) < 4.78 is 5.15. The summed E-state index contributed by atoms with van der Waals surface area (Å²) in [5.41, 5.74) is -1.10. The van der Waals surface area contributed by atoms with Crippen LogP contribution in [-0.4, -0.2) is 40.9 Å². The molecule has 1 saturated heterocycles. The molecule has 2 rings (SSSR count). The molecule has 1 aliphatic heterocycles. The fourth-order valence-electron chi connectivity index (χ4n) is 3.01. The molecule has 0 bridgehead atoms. The number of likely N-dealkylation sites (N-methyl/N-ethyl adjacent to an activating group) is 1. The molecule has 1 N–H and O–H groups in total. The Balaban J connectivity index is 2.52. The molecule has 1 heterocycles. The van der Waals surface area contributed by atoms with Crippen LogP contribution < -0.4 is 4.74 Å². The molecule has 0 aliphatic carbocycles. The Kier molecular flexibility index (Phi) is 3.76. The number of rotatable bonds is 3. The number of hydrogen-bond donors (Lipinski definition) is 1. The Hall–Kier alpha value is -1.59. The summed E-state index contributed by atoms with van der Waals surface area (Å²) in [6.07, 6.45) is 0. The first-order valence-electron chi connectivity index (χ1n) is 7.12. The lowest BCUT2D eigenvalue weighted by molar-refractivity contribution is -0.235. The van der Waals surface area contributed by atoms with Gasteiger partial charge in [-0.3, -0.25) is 4.79 Å². The maximum Gasteiger partial charge on any atom is 0.251 e. The predicted octanol–water partition coefficient (Wildman–Crippen LogP) is 2.45. The summed E-state index contributed by atoms with van der Waals surface area (Å²) in [4.78, 5) is 14.4. The molecule has 0 spiro atoms. The quantitative estimate of drug-likeness (QED) is 0.929. The van der Waals surface area contributed by atoms with Crippen LogP contribution in [0.5, 0.6) is 5.75 Å². The maximum atomic E-state index is 12.8. The molecule has 116 valence electrons. The molecule has 5 heteroatoms. The van der Waals surface area contributed by atoms with Gasteiger partial charge in [-0.1, -0.05) is 26.0 Å². The van der Waals surface area contributed by atoms with Gasteiger partial charge in [-0.05, 0) is 37.5 Å². The molecule has 1 aromatic carbocycles. The minimum atomic E-state index is -1.10. The molecule has 2 atom stereocenters. The summed E-state index contributed by atoms with van der Waals surface area (Å²) in [5, 5.41) is 12.0. The second kappa shape index (κ2) is 5.00. The van der Waals surface area contributed by atoms with E-state index in [0.29, 0.717) is 0 Å². The number of amides is 1. The first kappa shape index (κ1) is 15.8. The average Bonchev–Trinajstić information content (AvgIpc) is 2.62. The Bertz CT molecular complexity index is 543. The van der Waals surface area contributed by atoms with Crippen LogP contribution in [0.3, 0.4) is 0 Å². The minimum absolute atomic E-state index is 0.0801. The first-order valence-corrected chi connectivity index (χ1v) is 7.12. The standard InChI is InChI=1S/C16H24N2O3/c1-11(2)16(4)17(5)14(19)15(3,18(16)20)12-7-9-13(21-6)10-8-12/h7-11,20H,1-6H3/t15-,16+/m1/s1. The minimum Gasteiger partial charge on any atom is -0.497 e. The fourth-order valence-corrected chi connectivity index (χ4v) is 3.01. The molecule has 0 unspecified atom stereocenters. The van der Waals surface area contributed by atoms with Crippen molar-refractivity contribution in [2.24, 2.45) is 5.92 Å². The number of ether oxygens (including phenoxy) is 1. The highest BCUT2D eigenvalue weighted by Gasteiger charge is 2.61. The number of hydroxylamine groups is 2. The summed E-state index contributed by atoms with van der Waals surface area (Å²) in [5.74, 6) is 0.681. The number of carbonyl (C=O) groups excluding carboxylic acids is 1. The van der Waals surface area contributed by atoms with E-state index in [-0.39, 0.29) is 11.8 Å². The summed E-state index contributed by atoms with van der Waals surface area (Å²) in [7, 11) is 3.33. The van der Waals surface area contributed by atoms with Gasteiger partial charge in [0, 0.05) is 7.05 Å². The third kappa shape index (κ3) is 1.95. The van der Waals surface area contributed by atoms with E-state index in [1.54, 1.807) is 38.1 Å². The third-order valence-corrected chi connectivity index (χ3v) is 5.00. The van der Waals surface area contributed by atoms with E-state index in [1.807, 2.05) is 32.9 Å². The van der Waals surface area contributed by atoms with Gasteiger partial charge in [0.25, 0.3) is 5.91 Å². The Labute approximate surface area is 126 Å². The van der Waals surface area contributed by atoms with E-state index in [2.05, 4.69) is 0 Å². The van der Waals surface area contributed by atoms with E-state index in [4.69, 9.17) is 4.74 Å². The Morgan fingerprint density at radius 2 is 1.71 bits per heavy atom. The molecule has 0 saturated carbocycles. The molecular formula is C16H24N2O3. The van der Waals surface area contributed by atoms with Crippen LogP contribution in [0.25, 0.3) is 0 Å². The smallest absolute Gasteiger partial charge is 0.251 e. The molecule has 0 radical (unpaired) electrons. The highest BCUT2D eigenvalue weighted by atomic mass is 16.5. The van der Waals surface area contributed by atoms with Crippen molar-refractivity contribution in [1.82, 2.24) is 9.96 Å². The molecule has 0 aromatic heterocycles. The van der Waals surface area contributed by atoms with Crippen molar-refractivity contribution in [3.63, 3.8) is 0 Å². The fraction of sp³-hybridized carbons (Fsp3) is 0.562. The van der Waals surface area contributed by atoms with E-state index in [9.17, 15) is 10.0 Å². The molecule has 1 amide bonds. The van der Waals surface area contributed by atoms with Gasteiger partial charge in [-0.2, -0.15) is 0 Å². The van der Waals surface area contributed by atoms with E-state index < -0.39 is 11.2 Å². The van der Waals surface area contributed by atoms with Crippen LogP contribution in [0.15, 0.2) is 24.3 Å². The zero-order valence-corrected chi connectivity index (χ0v) is 13.5. The largest absolute Gasteiger partial charge is 0.497 e. The van der Waals surface area contributed by atoms with Gasteiger partial charge in [0.15, 0.2) is 0 Å². The lowest BCUT2D eigenvalue weighted by Crippen LogP contribution is -2.55. The summed E-state index contributed by atoms with van der Waals surface area (Å²) >= 11 is 0. The molecular weight excluding hydrogens is 268 g/mol. The van der Waals surface area contributed by atoms with Gasteiger partial charge in [0.05, 0.1) is 7.11 Å². The lowest BCUT2D eigenvalue weighted by atomic mass is 9.90. The normalized spacial score (nSPS) is 30.3. The van der Waals surface area contributed by atoms with Crippen LogP contribution in [0, 0.1) is 5.92 Å². The topological polar surface area (TPSA) is 53.0 Å². The molecule has 21 heavy (non-hydrogen) atoms. The Morgan fingerprint density at radius 3 is 2.10 bits per heavy atom. The monoisotopic (exact) mass is 292 g/mol. The first-order chi connectivity index (χ1) is 9.70. The summed E-state index contributed by atoms with van der Waals surface area (Å²) in [6, 6.07) is 7.24. The van der Waals surface area contributed by atoms with Gasteiger partial charge in [-0.25, -0.2) is 0 Å². The molecule has 1 aliphatic rings. The lowest BCUT2D eigenvalue weighted by Gasteiger charge is -2.41. The molecule has 5 nitrogen and oxygen atoms in total. The highest BCUT2D eigenvalue weighted by molar-refractivity contribution is 5.90. The van der Waals surface area contributed by atoms with Crippen molar-refractivity contribution in [2.45, 2.75) is 38.9 Å². The van der Waals surface area contributed by atoms with E-state index >= 15 is 0 Å². The Morgan fingerprint density at radius 1 is 1.19 bits per heavy atom. The van der Waals surface area contributed by atoms with Crippen molar-refractivity contribution in [3.05, 3.63) is 29.8 Å². The van der Waals surface area contributed by atoms with Crippen LogP contribution in [0.1, 0.15) is 33.3 Å².